The van der Waals surface area contributed by atoms with Crippen molar-refractivity contribution < 1.29 is 0 Å². The maximum absolute atomic E-state index is 12.5. The van der Waals surface area contributed by atoms with Crippen LogP contribution in [0.5, 0.6) is 0 Å². The van der Waals surface area contributed by atoms with Crippen LogP contribution in [0.2, 0.25) is 10.0 Å². The first-order chi connectivity index (χ1) is 15.3. The first-order valence-corrected chi connectivity index (χ1v) is 10.6. The second kappa shape index (κ2) is 9.04. The van der Waals surface area contributed by atoms with Gasteiger partial charge in [0.2, 0.25) is 0 Å². The number of hydrogen-bond acceptors (Lipinski definition) is 6. The number of H-pyrrole nitrogens is 1. The lowest BCUT2D eigenvalue weighted by atomic mass is 10.0. The van der Waals surface area contributed by atoms with Gasteiger partial charge in [0.25, 0.3) is 0 Å². The van der Waals surface area contributed by atoms with Crippen LogP contribution in [0.3, 0.4) is 0 Å². The maximum atomic E-state index is 12.5. The van der Waals surface area contributed by atoms with Gasteiger partial charge in [0.15, 0.2) is 0 Å². The van der Waals surface area contributed by atoms with Crippen molar-refractivity contribution in [3.8, 4) is 5.69 Å². The largest absolute Gasteiger partial charge is 0.384 e. The number of fused-ring (bicyclic) bond motifs is 1. The molecule has 0 saturated heterocycles. The van der Waals surface area contributed by atoms with Crippen LogP contribution >= 0.6 is 23.2 Å². The number of para-hydroxylation sites is 1. The van der Waals surface area contributed by atoms with Gasteiger partial charge < -0.3 is 16.4 Å². The molecule has 0 radical (unpaired) electrons. The van der Waals surface area contributed by atoms with Gasteiger partial charge in [0.1, 0.15) is 17.1 Å². The van der Waals surface area contributed by atoms with Crippen LogP contribution in [0.4, 0.5) is 11.5 Å². The lowest BCUT2D eigenvalue weighted by Gasteiger charge is -2.18. The summed E-state index contributed by atoms with van der Waals surface area (Å²) >= 11 is 12.5. The van der Waals surface area contributed by atoms with Gasteiger partial charge in [-0.1, -0.05) is 41.9 Å². The summed E-state index contributed by atoms with van der Waals surface area (Å²) in [6.45, 7) is 5.71. The van der Waals surface area contributed by atoms with Crippen LogP contribution in [-0.2, 0) is 13.0 Å². The van der Waals surface area contributed by atoms with Crippen LogP contribution < -0.4 is 27.5 Å². The number of aliphatic imine (C=N–C) groups is 1. The molecular formula is C22H21Cl2N7O. The van der Waals surface area contributed by atoms with Gasteiger partial charge in [-0.3, -0.25) is 10.4 Å². The molecule has 6 N–H and O–H groups in total. The van der Waals surface area contributed by atoms with Gasteiger partial charge in [-0.2, -0.15) is 0 Å². The molecule has 2 heterocycles. The smallest absolute Gasteiger partial charge is 0.333 e. The Hall–Kier alpha value is -3.33. The summed E-state index contributed by atoms with van der Waals surface area (Å²) in [5.41, 5.74) is 8.90. The summed E-state index contributed by atoms with van der Waals surface area (Å²) in [4.78, 5) is 19.3. The van der Waals surface area contributed by atoms with Crippen molar-refractivity contribution in [2.24, 2.45) is 4.99 Å². The number of rotatable bonds is 5. The molecule has 0 bridgehead atoms. The van der Waals surface area contributed by atoms with Crippen LogP contribution in [0.25, 0.3) is 5.69 Å². The normalized spacial score (nSPS) is 13.2. The molecule has 164 valence electrons. The standard InChI is InChI=1S/C22H21Cl2N7O/c1-12(29-15-6-5-13-7-8-27-10-14(13)9-15)28-11-16-20(25)30-22(32)31(21(16)26)19-17(23)3-2-4-18(19)24/h2-6,9,11,26-27,29H,1,7-8,10,25H2,(H,30,32)/b26-21?,28-11-. The molecule has 8 nitrogen and oxygen atoms in total. The third-order valence-corrected chi connectivity index (χ3v) is 5.72. The summed E-state index contributed by atoms with van der Waals surface area (Å²) in [6.07, 6.45) is 2.37. The minimum Gasteiger partial charge on any atom is -0.384 e. The van der Waals surface area contributed by atoms with E-state index in [9.17, 15) is 4.79 Å². The van der Waals surface area contributed by atoms with E-state index < -0.39 is 5.69 Å². The highest BCUT2D eigenvalue weighted by atomic mass is 35.5. The topological polar surface area (TPSA) is 124 Å². The number of hydrogen-bond donors (Lipinski definition) is 5. The summed E-state index contributed by atoms with van der Waals surface area (Å²) in [7, 11) is 0. The minimum absolute atomic E-state index is 0.00386. The van der Waals surface area contributed by atoms with Crippen molar-refractivity contribution in [3.63, 3.8) is 0 Å². The lowest BCUT2D eigenvalue weighted by molar-refractivity contribution is 0.644. The molecule has 0 spiro atoms. The molecule has 0 fully saturated rings. The molecule has 0 amide bonds. The second-order valence-corrected chi connectivity index (χ2v) is 8.07. The zero-order valence-electron chi connectivity index (χ0n) is 17.0. The second-order valence-electron chi connectivity index (χ2n) is 7.25. The number of halogens is 2. The van der Waals surface area contributed by atoms with Crippen LogP contribution in [0.15, 0.2) is 58.6 Å². The quantitative estimate of drug-likeness (QED) is 0.368. The molecule has 10 heteroatoms. The third-order valence-electron chi connectivity index (χ3n) is 5.11. The van der Waals surface area contributed by atoms with Gasteiger partial charge >= 0.3 is 5.69 Å². The molecule has 3 aromatic rings. The van der Waals surface area contributed by atoms with E-state index in [0.29, 0.717) is 5.82 Å². The zero-order chi connectivity index (χ0) is 22.8. The Morgan fingerprint density at radius 3 is 2.75 bits per heavy atom. The van der Waals surface area contributed by atoms with Crippen LogP contribution in [0, 0.1) is 5.41 Å². The molecular weight excluding hydrogens is 449 g/mol. The molecule has 0 aliphatic carbocycles. The molecule has 2 aromatic carbocycles. The van der Waals surface area contributed by atoms with E-state index in [4.69, 9.17) is 34.3 Å². The molecule has 32 heavy (non-hydrogen) atoms. The van der Waals surface area contributed by atoms with Crippen molar-refractivity contribution in [1.82, 2.24) is 14.9 Å². The Morgan fingerprint density at radius 1 is 1.25 bits per heavy atom. The van der Waals surface area contributed by atoms with E-state index in [-0.39, 0.29) is 32.6 Å². The zero-order valence-corrected chi connectivity index (χ0v) is 18.5. The van der Waals surface area contributed by atoms with E-state index in [0.717, 1.165) is 29.8 Å². The number of aromatic amines is 1. The van der Waals surface area contributed by atoms with E-state index in [1.54, 1.807) is 18.2 Å². The number of benzene rings is 2. The molecule has 0 saturated carbocycles. The third kappa shape index (κ3) is 4.34. The number of anilines is 2. The van der Waals surface area contributed by atoms with E-state index in [1.165, 1.54) is 17.3 Å². The van der Waals surface area contributed by atoms with Crippen LogP contribution in [0.1, 0.15) is 16.7 Å². The molecule has 1 aliphatic heterocycles. The molecule has 1 aliphatic rings. The fourth-order valence-corrected chi connectivity index (χ4v) is 4.10. The number of nitrogens with zero attached hydrogens (tertiary/aromatic N) is 2. The fourth-order valence-electron chi connectivity index (χ4n) is 3.53. The first kappa shape index (κ1) is 21.9. The minimum atomic E-state index is -0.640. The van der Waals surface area contributed by atoms with E-state index >= 15 is 0 Å². The van der Waals surface area contributed by atoms with Gasteiger partial charge in [-0.25, -0.2) is 14.4 Å². The molecule has 1 aromatic heterocycles. The van der Waals surface area contributed by atoms with Gasteiger partial charge in [0, 0.05) is 18.4 Å². The van der Waals surface area contributed by atoms with Crippen molar-refractivity contribution in [2.45, 2.75) is 13.0 Å². The predicted molar refractivity (Wildman–Crippen MR) is 129 cm³/mol. The summed E-state index contributed by atoms with van der Waals surface area (Å²) in [5, 5.41) is 15.5. The van der Waals surface area contributed by atoms with Gasteiger partial charge in [-0.05, 0) is 48.4 Å². The fraction of sp³-hybridized carbons (Fsp3) is 0.136. The summed E-state index contributed by atoms with van der Waals surface area (Å²) in [5.74, 6) is 0.344. The average Bonchev–Trinajstić information content (AvgIpc) is 2.75. The highest BCUT2D eigenvalue weighted by molar-refractivity contribution is 6.37. The van der Waals surface area contributed by atoms with Crippen molar-refractivity contribution in [3.05, 3.63) is 91.5 Å². The summed E-state index contributed by atoms with van der Waals surface area (Å²) < 4.78 is 1.05. The van der Waals surface area contributed by atoms with Crippen molar-refractivity contribution in [1.29, 1.82) is 5.41 Å². The number of aromatic nitrogens is 2. The Kier molecular flexibility index (Phi) is 6.18. The number of nitrogen functional groups attached to an aromatic ring is 1. The first-order valence-electron chi connectivity index (χ1n) is 9.81. The van der Waals surface area contributed by atoms with Crippen molar-refractivity contribution >= 4 is 40.9 Å². The highest BCUT2D eigenvalue weighted by Crippen LogP contribution is 2.26. The monoisotopic (exact) mass is 469 g/mol. The number of nitrogens with two attached hydrogens (primary N) is 1. The Morgan fingerprint density at radius 2 is 2.00 bits per heavy atom. The summed E-state index contributed by atoms with van der Waals surface area (Å²) in [6, 6.07) is 10.9. The highest BCUT2D eigenvalue weighted by Gasteiger charge is 2.15. The predicted octanol–water partition coefficient (Wildman–Crippen LogP) is 3.18. The van der Waals surface area contributed by atoms with Gasteiger partial charge in [-0.15, -0.1) is 0 Å². The van der Waals surface area contributed by atoms with E-state index in [1.807, 2.05) is 6.07 Å². The van der Waals surface area contributed by atoms with Gasteiger partial charge in [0.05, 0.1) is 21.3 Å². The molecule has 0 atom stereocenters. The van der Waals surface area contributed by atoms with Crippen molar-refractivity contribution in [2.75, 3.05) is 17.6 Å². The Balaban J connectivity index is 1.64. The Labute approximate surface area is 193 Å². The average molecular weight is 470 g/mol. The maximum Gasteiger partial charge on any atom is 0.333 e. The van der Waals surface area contributed by atoms with Crippen LogP contribution in [-0.4, -0.2) is 22.3 Å². The lowest BCUT2D eigenvalue weighted by Crippen LogP contribution is -2.37. The number of nitrogens with one attached hydrogen (secondary N) is 4. The Bertz CT molecular complexity index is 1340. The SMILES string of the molecule is C=C(/N=C\c1c(N)[nH]c(=O)n(-c2c(Cl)cccc2Cl)c1=N)Nc1ccc2c(c1)CNCC2. The molecule has 4 rings (SSSR count). The molecule has 0 unspecified atom stereocenters. The van der Waals surface area contributed by atoms with E-state index in [2.05, 4.69) is 39.3 Å².